The predicted octanol–water partition coefficient (Wildman–Crippen LogP) is 1.67. The highest BCUT2D eigenvalue weighted by molar-refractivity contribution is 5.78. The van der Waals surface area contributed by atoms with Crippen LogP contribution in [-0.2, 0) is 32.1 Å². The summed E-state index contributed by atoms with van der Waals surface area (Å²) in [7, 11) is 0. The molecule has 1 rings (SSSR count). The highest BCUT2D eigenvalue weighted by Crippen LogP contribution is 2.28. The molecule has 1 aromatic carbocycles. The van der Waals surface area contributed by atoms with Crippen LogP contribution in [0.2, 0.25) is 0 Å². The Bertz CT molecular complexity index is 638. The van der Waals surface area contributed by atoms with E-state index < -0.39 is 30.2 Å². The minimum atomic E-state index is -1.18. The third-order valence-electron chi connectivity index (χ3n) is 3.72. The topological polar surface area (TPSA) is 127 Å². The van der Waals surface area contributed by atoms with E-state index in [4.69, 9.17) is 15.6 Å². The molecule has 0 aliphatic carbocycles. The Morgan fingerprint density at radius 2 is 1.87 bits per heavy atom. The summed E-state index contributed by atoms with van der Waals surface area (Å²) in [5.74, 6) is -3.89. The van der Waals surface area contributed by atoms with E-state index in [1.165, 1.54) is 6.92 Å². The second-order valence-electron chi connectivity index (χ2n) is 5.49. The molecule has 0 aliphatic rings. The molecule has 0 heterocycles. The number of anilines is 1. The van der Waals surface area contributed by atoms with E-state index in [0.29, 0.717) is 22.4 Å². The fourth-order valence-corrected chi connectivity index (χ4v) is 2.41. The van der Waals surface area contributed by atoms with Crippen molar-refractivity contribution in [1.82, 2.24) is 0 Å². The summed E-state index contributed by atoms with van der Waals surface area (Å²) in [4.78, 5) is 33.2. The molecule has 0 saturated carbocycles. The van der Waals surface area contributed by atoms with Crippen LogP contribution in [0.15, 0.2) is 6.07 Å². The second-order valence-corrected chi connectivity index (χ2v) is 5.49. The molecular weight excluding hydrogens is 302 g/mol. The maximum absolute atomic E-state index is 11.3. The lowest BCUT2D eigenvalue weighted by atomic mass is 9.89. The Labute approximate surface area is 134 Å². The standard InChI is InChI=1S/C16H21NO6/c1-8-4-11(5-12(16(21)22)6-14(19)20)13(7-23-10(3)18)9(2)15(8)17/h4,12H,5-7,17H2,1-3H3,(H,19,20)(H,21,22)/t12-/m0/s1. The number of aryl methyl sites for hydroxylation is 1. The summed E-state index contributed by atoms with van der Waals surface area (Å²) in [5.41, 5.74) is 9.25. The molecule has 7 heteroatoms. The number of nitrogens with two attached hydrogens (primary N) is 1. The maximum atomic E-state index is 11.3. The van der Waals surface area contributed by atoms with Crippen LogP contribution >= 0.6 is 0 Å². The number of nitrogen functional groups attached to an aromatic ring is 1. The average molecular weight is 323 g/mol. The van der Waals surface area contributed by atoms with Crippen LogP contribution < -0.4 is 5.73 Å². The van der Waals surface area contributed by atoms with Crippen LogP contribution in [0.3, 0.4) is 0 Å². The van der Waals surface area contributed by atoms with Gasteiger partial charge in [0, 0.05) is 12.6 Å². The van der Waals surface area contributed by atoms with Crippen LogP contribution in [0.1, 0.15) is 35.6 Å². The zero-order valence-electron chi connectivity index (χ0n) is 13.4. The lowest BCUT2D eigenvalue weighted by Crippen LogP contribution is -2.21. The van der Waals surface area contributed by atoms with Gasteiger partial charge >= 0.3 is 17.9 Å². The zero-order chi connectivity index (χ0) is 17.7. The molecule has 0 amide bonds. The van der Waals surface area contributed by atoms with Gasteiger partial charge in [-0.1, -0.05) is 6.07 Å². The van der Waals surface area contributed by atoms with Gasteiger partial charge < -0.3 is 20.7 Å². The molecule has 0 radical (unpaired) electrons. The predicted molar refractivity (Wildman–Crippen MR) is 82.9 cm³/mol. The van der Waals surface area contributed by atoms with Gasteiger partial charge in [0.2, 0.25) is 0 Å². The number of carboxylic acids is 2. The van der Waals surface area contributed by atoms with E-state index in [0.717, 1.165) is 5.56 Å². The van der Waals surface area contributed by atoms with Crippen LogP contribution in [0.25, 0.3) is 0 Å². The van der Waals surface area contributed by atoms with Gasteiger partial charge in [-0.15, -0.1) is 0 Å². The van der Waals surface area contributed by atoms with E-state index in [1.807, 2.05) is 0 Å². The van der Waals surface area contributed by atoms with E-state index in [-0.39, 0.29) is 13.0 Å². The molecule has 0 aromatic heterocycles. The van der Waals surface area contributed by atoms with Gasteiger partial charge in [0.15, 0.2) is 0 Å². The van der Waals surface area contributed by atoms with Gasteiger partial charge in [-0.2, -0.15) is 0 Å². The molecule has 0 aliphatic heterocycles. The zero-order valence-corrected chi connectivity index (χ0v) is 13.4. The summed E-state index contributed by atoms with van der Waals surface area (Å²) >= 11 is 0. The highest BCUT2D eigenvalue weighted by Gasteiger charge is 2.24. The quantitative estimate of drug-likeness (QED) is 0.514. The smallest absolute Gasteiger partial charge is 0.307 e. The van der Waals surface area contributed by atoms with Crippen molar-refractivity contribution < 1.29 is 29.3 Å². The molecule has 23 heavy (non-hydrogen) atoms. The molecule has 0 saturated heterocycles. The molecule has 0 unspecified atom stereocenters. The summed E-state index contributed by atoms with van der Waals surface area (Å²) in [6, 6.07) is 1.72. The average Bonchev–Trinajstić information content (AvgIpc) is 2.42. The Hall–Kier alpha value is -2.57. The van der Waals surface area contributed by atoms with Gasteiger partial charge in [0.25, 0.3) is 0 Å². The molecule has 0 spiro atoms. The Morgan fingerprint density at radius 1 is 1.26 bits per heavy atom. The largest absolute Gasteiger partial charge is 0.481 e. The van der Waals surface area contributed by atoms with Gasteiger partial charge in [-0.05, 0) is 42.5 Å². The first-order valence-electron chi connectivity index (χ1n) is 7.08. The number of hydrogen-bond acceptors (Lipinski definition) is 5. The monoisotopic (exact) mass is 323 g/mol. The van der Waals surface area contributed by atoms with Crippen LogP contribution in [0.4, 0.5) is 5.69 Å². The number of esters is 1. The number of rotatable bonds is 7. The van der Waals surface area contributed by atoms with Gasteiger partial charge in [0.1, 0.15) is 6.61 Å². The normalized spacial score (nSPS) is 11.8. The van der Waals surface area contributed by atoms with Crippen molar-refractivity contribution in [1.29, 1.82) is 0 Å². The number of aliphatic carboxylic acids is 2. The fraction of sp³-hybridized carbons (Fsp3) is 0.438. The third kappa shape index (κ3) is 4.98. The molecule has 1 aromatic rings. The number of hydrogen-bond donors (Lipinski definition) is 3. The number of benzene rings is 1. The van der Waals surface area contributed by atoms with Crippen molar-refractivity contribution in [2.75, 3.05) is 5.73 Å². The molecule has 126 valence electrons. The summed E-state index contributed by atoms with van der Waals surface area (Å²) < 4.78 is 5.01. The first-order valence-corrected chi connectivity index (χ1v) is 7.08. The highest BCUT2D eigenvalue weighted by atomic mass is 16.5. The van der Waals surface area contributed by atoms with E-state index in [1.54, 1.807) is 19.9 Å². The number of carboxylic acid groups (broad SMARTS) is 2. The van der Waals surface area contributed by atoms with Crippen molar-refractivity contribution in [3.63, 3.8) is 0 Å². The summed E-state index contributed by atoms with van der Waals surface area (Å²) in [5, 5.41) is 18.1. The van der Waals surface area contributed by atoms with E-state index >= 15 is 0 Å². The molecular formula is C16H21NO6. The fourth-order valence-electron chi connectivity index (χ4n) is 2.41. The SMILES string of the molecule is CC(=O)OCc1c(C[C@@H](CC(=O)O)C(=O)O)cc(C)c(N)c1C. The minimum absolute atomic E-state index is 0.0274. The summed E-state index contributed by atoms with van der Waals surface area (Å²) in [6.45, 7) is 4.80. The van der Waals surface area contributed by atoms with Crippen molar-refractivity contribution in [3.05, 3.63) is 28.3 Å². The van der Waals surface area contributed by atoms with Crippen LogP contribution in [0, 0.1) is 19.8 Å². The maximum Gasteiger partial charge on any atom is 0.307 e. The van der Waals surface area contributed by atoms with Crippen molar-refractivity contribution in [3.8, 4) is 0 Å². The van der Waals surface area contributed by atoms with Crippen molar-refractivity contribution in [2.45, 2.75) is 40.2 Å². The first-order chi connectivity index (χ1) is 10.6. The Morgan fingerprint density at radius 3 is 2.35 bits per heavy atom. The van der Waals surface area contributed by atoms with Crippen LogP contribution in [-0.4, -0.2) is 28.1 Å². The van der Waals surface area contributed by atoms with E-state index in [2.05, 4.69) is 0 Å². The first kappa shape index (κ1) is 18.5. The minimum Gasteiger partial charge on any atom is -0.481 e. The van der Waals surface area contributed by atoms with E-state index in [9.17, 15) is 19.5 Å². The van der Waals surface area contributed by atoms with Crippen LogP contribution in [0.5, 0.6) is 0 Å². The van der Waals surface area contributed by atoms with Crippen molar-refractivity contribution in [2.24, 2.45) is 5.92 Å². The molecule has 4 N–H and O–H groups in total. The number of carbonyl (C=O) groups is 3. The number of carbonyl (C=O) groups excluding carboxylic acids is 1. The van der Waals surface area contributed by atoms with Crippen molar-refractivity contribution >= 4 is 23.6 Å². The van der Waals surface area contributed by atoms with Gasteiger partial charge in [-0.3, -0.25) is 14.4 Å². The summed E-state index contributed by atoms with van der Waals surface area (Å²) in [6.07, 6.45) is -0.453. The second kappa shape index (κ2) is 7.62. The Balaban J connectivity index is 3.23. The van der Waals surface area contributed by atoms with Gasteiger partial charge in [-0.25, -0.2) is 0 Å². The molecule has 0 bridgehead atoms. The molecule has 0 fully saturated rings. The third-order valence-corrected chi connectivity index (χ3v) is 3.72. The Kier molecular flexibility index (Phi) is 6.12. The van der Waals surface area contributed by atoms with Gasteiger partial charge in [0.05, 0.1) is 12.3 Å². The number of ether oxygens (including phenoxy) is 1. The molecule has 7 nitrogen and oxygen atoms in total. The lowest BCUT2D eigenvalue weighted by Gasteiger charge is -2.19. The molecule has 1 atom stereocenters. The lowest BCUT2D eigenvalue weighted by molar-refractivity contribution is -0.148.